The number of halogens is 7. The van der Waals surface area contributed by atoms with Gasteiger partial charge in [0.1, 0.15) is 5.82 Å². The number of rotatable bonds is 6. The number of hydrogen-bond donors (Lipinski definition) is 3. The van der Waals surface area contributed by atoms with E-state index in [1.165, 1.54) is 60.7 Å². The van der Waals surface area contributed by atoms with E-state index in [0.717, 1.165) is 0 Å². The number of nitrogens with zero attached hydrogens (tertiary/aromatic N) is 3. The van der Waals surface area contributed by atoms with Crippen LogP contribution in [0.2, 0.25) is 0 Å². The van der Waals surface area contributed by atoms with Crippen LogP contribution in [0.25, 0.3) is 34.7 Å². The van der Waals surface area contributed by atoms with Gasteiger partial charge in [-0.2, -0.15) is 31.4 Å². The Morgan fingerprint density at radius 1 is 0.915 bits per heavy atom. The number of nitrogens with one attached hydrogen (secondary N) is 2. The Morgan fingerprint density at radius 3 is 2.23 bits per heavy atom. The third-order valence-corrected chi connectivity index (χ3v) is 7.35. The Kier molecular flexibility index (Phi) is 7.65. The Bertz CT molecular complexity index is 2030. The molecule has 47 heavy (non-hydrogen) atoms. The summed E-state index contributed by atoms with van der Waals surface area (Å²) >= 11 is 0. The van der Waals surface area contributed by atoms with E-state index in [0.29, 0.717) is 17.2 Å². The van der Waals surface area contributed by atoms with Crippen LogP contribution in [0.3, 0.4) is 0 Å². The molecule has 3 N–H and O–H groups in total. The van der Waals surface area contributed by atoms with Gasteiger partial charge in [-0.1, -0.05) is 12.1 Å². The van der Waals surface area contributed by atoms with Gasteiger partial charge in [-0.3, -0.25) is 9.89 Å². The van der Waals surface area contributed by atoms with Crippen molar-refractivity contribution in [1.82, 2.24) is 25.7 Å². The first-order chi connectivity index (χ1) is 22.2. The Morgan fingerprint density at radius 2 is 1.60 bits per heavy atom. The first-order valence-electron chi connectivity index (χ1n) is 13.5. The van der Waals surface area contributed by atoms with Crippen LogP contribution in [0.15, 0.2) is 65.1 Å². The number of benzene rings is 3. The van der Waals surface area contributed by atoms with E-state index in [9.17, 15) is 45.4 Å². The fourth-order valence-corrected chi connectivity index (χ4v) is 5.16. The van der Waals surface area contributed by atoms with Crippen molar-refractivity contribution in [3.8, 4) is 22.6 Å². The highest BCUT2D eigenvalue weighted by Crippen LogP contribution is 2.43. The first-order valence-corrected chi connectivity index (χ1v) is 13.5. The summed E-state index contributed by atoms with van der Waals surface area (Å²) in [5.41, 5.74) is -3.38. The molecule has 0 bridgehead atoms. The largest absolute Gasteiger partial charge is 0.478 e. The molecule has 0 aliphatic carbocycles. The zero-order chi connectivity index (χ0) is 33.7. The second-order valence-corrected chi connectivity index (χ2v) is 10.3. The molecule has 9 nitrogen and oxygen atoms in total. The van der Waals surface area contributed by atoms with E-state index >= 15 is 0 Å². The van der Waals surface area contributed by atoms with Crippen molar-refractivity contribution in [2.75, 3.05) is 0 Å². The van der Waals surface area contributed by atoms with E-state index in [-0.39, 0.29) is 40.4 Å². The molecular formula is C31H18F7N5O4. The second-order valence-electron chi connectivity index (χ2n) is 10.3. The summed E-state index contributed by atoms with van der Waals surface area (Å²) in [5, 5.41) is 26.5. The monoisotopic (exact) mass is 657 g/mol. The quantitative estimate of drug-likeness (QED) is 0.165. The zero-order valence-corrected chi connectivity index (χ0v) is 23.4. The van der Waals surface area contributed by atoms with E-state index in [1.54, 1.807) is 0 Å². The smallest absolute Gasteiger partial charge is 0.416 e. The van der Waals surface area contributed by atoms with E-state index < -0.39 is 64.8 Å². The Hall–Kier alpha value is -5.80. The van der Waals surface area contributed by atoms with Gasteiger partial charge in [-0.15, -0.1) is 10.2 Å². The molecule has 1 unspecified atom stereocenters. The predicted molar refractivity (Wildman–Crippen MR) is 150 cm³/mol. The molecule has 0 spiro atoms. The SMILES string of the molecule is O=C(O)c1ccc(-c2c(/C=C/c3nnc(-c4ccc(F)cc4)o3)n[nH]c2C2Cc3c(cc(C(F)(F)F)cc3C(F)(F)F)C(=O)N2)cc1. The fourth-order valence-electron chi connectivity index (χ4n) is 5.16. The fraction of sp³-hybridized carbons (Fsp3) is 0.129. The molecule has 0 saturated carbocycles. The van der Waals surface area contributed by atoms with Crippen molar-refractivity contribution in [2.24, 2.45) is 0 Å². The van der Waals surface area contributed by atoms with Gasteiger partial charge >= 0.3 is 18.3 Å². The molecule has 1 aliphatic rings. The highest BCUT2D eigenvalue weighted by atomic mass is 19.4. The maximum absolute atomic E-state index is 14.0. The standard InChI is InChI=1S/C31H18F7N5O4/c32-18-7-5-15(6-8-18)28-43-41-24(47-28)10-9-22-25(14-1-3-16(4-2-14)29(45)46)26(42-40-22)23-13-19-20(27(44)39-23)11-17(30(33,34)35)12-21(19)31(36,37)38/h1-12,23H,13H2,(H,39,44)(H,40,42)(H,45,46)/b10-9+. The summed E-state index contributed by atoms with van der Waals surface area (Å²) in [4.78, 5) is 24.5. The van der Waals surface area contributed by atoms with Gasteiger partial charge in [-0.05, 0) is 72.2 Å². The lowest BCUT2D eigenvalue weighted by Crippen LogP contribution is -2.37. The third-order valence-electron chi connectivity index (χ3n) is 7.35. The van der Waals surface area contributed by atoms with Crippen molar-refractivity contribution in [3.63, 3.8) is 0 Å². The predicted octanol–water partition coefficient (Wildman–Crippen LogP) is 7.20. The van der Waals surface area contributed by atoms with Crippen LogP contribution in [0.4, 0.5) is 30.7 Å². The van der Waals surface area contributed by atoms with Crippen LogP contribution in [-0.4, -0.2) is 37.4 Å². The molecule has 3 aromatic carbocycles. The minimum absolute atomic E-state index is 0.00349. The van der Waals surface area contributed by atoms with Crippen LogP contribution in [0.5, 0.6) is 0 Å². The van der Waals surface area contributed by atoms with Crippen LogP contribution < -0.4 is 5.32 Å². The average molecular weight is 658 g/mol. The van der Waals surface area contributed by atoms with E-state index in [2.05, 4.69) is 25.7 Å². The number of H-pyrrole nitrogens is 1. The number of aromatic carboxylic acids is 1. The van der Waals surface area contributed by atoms with Crippen molar-refractivity contribution >= 4 is 24.0 Å². The highest BCUT2D eigenvalue weighted by Gasteiger charge is 2.43. The van der Waals surface area contributed by atoms with E-state index in [1.807, 2.05) is 0 Å². The molecule has 5 aromatic rings. The topological polar surface area (TPSA) is 134 Å². The van der Waals surface area contributed by atoms with Crippen molar-refractivity contribution < 1.29 is 49.8 Å². The van der Waals surface area contributed by atoms with Gasteiger partial charge in [-0.25, -0.2) is 9.18 Å². The maximum Gasteiger partial charge on any atom is 0.416 e. The number of carbonyl (C=O) groups is 2. The molecule has 0 saturated heterocycles. The summed E-state index contributed by atoms with van der Waals surface area (Å²) in [7, 11) is 0. The van der Waals surface area contributed by atoms with Crippen LogP contribution in [-0.2, 0) is 18.8 Å². The van der Waals surface area contributed by atoms with Crippen molar-refractivity contribution in [1.29, 1.82) is 0 Å². The number of hydrogen-bond acceptors (Lipinski definition) is 6. The summed E-state index contributed by atoms with van der Waals surface area (Å²) in [6.07, 6.45) is -8.11. The van der Waals surface area contributed by atoms with Gasteiger partial charge < -0.3 is 14.8 Å². The molecule has 2 aromatic heterocycles. The summed E-state index contributed by atoms with van der Waals surface area (Å²) < 4.78 is 101. The third kappa shape index (κ3) is 6.21. The van der Waals surface area contributed by atoms with Crippen molar-refractivity contribution in [3.05, 3.63) is 112 Å². The first kappa shape index (κ1) is 31.2. The lowest BCUT2D eigenvalue weighted by Gasteiger charge is -2.29. The number of carboxylic acid groups (broad SMARTS) is 1. The minimum Gasteiger partial charge on any atom is -0.478 e. The maximum atomic E-state index is 14.0. The molecule has 6 rings (SSSR count). The molecule has 240 valence electrons. The molecule has 1 atom stereocenters. The lowest BCUT2D eigenvalue weighted by molar-refractivity contribution is -0.143. The number of amides is 1. The van der Waals surface area contributed by atoms with E-state index in [4.69, 9.17) is 4.42 Å². The summed E-state index contributed by atoms with van der Waals surface area (Å²) in [5.74, 6) is -2.77. The minimum atomic E-state index is -5.21. The second kappa shape index (κ2) is 11.5. The van der Waals surface area contributed by atoms with Crippen LogP contribution in [0.1, 0.15) is 60.7 Å². The molecule has 0 radical (unpaired) electrons. The van der Waals surface area contributed by atoms with Crippen LogP contribution in [0, 0.1) is 5.82 Å². The molecule has 0 fully saturated rings. The number of alkyl halides is 6. The number of aromatic nitrogens is 4. The molecule has 16 heteroatoms. The molecule has 3 heterocycles. The lowest BCUT2D eigenvalue weighted by atomic mass is 9.86. The molecule has 1 amide bonds. The molecular weight excluding hydrogens is 639 g/mol. The zero-order valence-electron chi connectivity index (χ0n) is 23.4. The number of carboxylic acids is 1. The van der Waals surface area contributed by atoms with Gasteiger partial charge in [0.15, 0.2) is 0 Å². The van der Waals surface area contributed by atoms with Gasteiger partial charge in [0.25, 0.3) is 5.91 Å². The molecule has 1 aliphatic heterocycles. The summed E-state index contributed by atoms with van der Waals surface area (Å²) in [6.45, 7) is 0. The highest BCUT2D eigenvalue weighted by molar-refractivity contribution is 5.98. The average Bonchev–Trinajstić information content (AvgIpc) is 3.66. The Labute approximate surface area is 258 Å². The number of fused-ring (bicyclic) bond motifs is 1. The van der Waals surface area contributed by atoms with Crippen molar-refractivity contribution in [2.45, 2.75) is 24.8 Å². The number of carbonyl (C=O) groups excluding carboxylic acids is 1. The van der Waals surface area contributed by atoms with Crippen LogP contribution >= 0.6 is 0 Å². The van der Waals surface area contributed by atoms with Gasteiger partial charge in [0.2, 0.25) is 11.8 Å². The van der Waals surface area contributed by atoms with Gasteiger partial charge in [0.05, 0.1) is 34.1 Å². The number of aromatic amines is 1. The summed E-state index contributed by atoms with van der Waals surface area (Å²) in [6, 6.07) is 9.82. The Balaban J connectivity index is 1.41. The van der Waals surface area contributed by atoms with Gasteiger partial charge in [0, 0.05) is 22.8 Å². The normalized spacial score (nSPS) is 15.1.